The van der Waals surface area contributed by atoms with Gasteiger partial charge < -0.3 is 14.7 Å². The summed E-state index contributed by atoms with van der Waals surface area (Å²) in [7, 11) is -2.44. The zero-order valence-electron chi connectivity index (χ0n) is 17.2. The average molecular weight is 430 g/mol. The molecule has 1 amide bonds. The lowest BCUT2D eigenvalue weighted by molar-refractivity contribution is 0.00220. The second-order valence-electron chi connectivity index (χ2n) is 8.20. The third kappa shape index (κ3) is 5.37. The highest BCUT2D eigenvalue weighted by Crippen LogP contribution is 2.39. The van der Waals surface area contributed by atoms with Crippen LogP contribution in [-0.2, 0) is 20.4 Å². The van der Waals surface area contributed by atoms with Gasteiger partial charge in [0.2, 0.25) is 10.0 Å². The maximum absolute atomic E-state index is 15.6. The van der Waals surface area contributed by atoms with Crippen LogP contribution in [0.3, 0.4) is 0 Å². The predicted octanol–water partition coefficient (Wildman–Crippen LogP) is 2.98. The van der Waals surface area contributed by atoms with Crippen molar-refractivity contribution in [2.24, 2.45) is 0 Å². The number of piperidine rings is 1. The fraction of sp³-hybridized carbons (Fsp3) is 0.579. The number of amides is 1. The second kappa shape index (κ2) is 7.81. The number of hydrogen-bond donors (Lipinski definition) is 1. The van der Waals surface area contributed by atoms with E-state index < -0.39 is 33.4 Å². The number of alkyl halides is 1. The molecule has 0 aliphatic carbocycles. The van der Waals surface area contributed by atoms with Crippen LogP contribution in [-0.4, -0.2) is 62.5 Å². The molecule has 1 saturated heterocycles. The Morgan fingerprint density at radius 3 is 2.24 bits per heavy atom. The van der Waals surface area contributed by atoms with Crippen LogP contribution in [0.25, 0.3) is 0 Å². The number of rotatable bonds is 4. The van der Waals surface area contributed by atoms with Crippen LogP contribution in [0.2, 0.25) is 0 Å². The molecule has 0 bridgehead atoms. The molecule has 1 N–H and O–H groups in total. The van der Waals surface area contributed by atoms with E-state index in [1.54, 1.807) is 20.8 Å². The highest BCUT2D eigenvalue weighted by atomic mass is 32.2. The van der Waals surface area contributed by atoms with Gasteiger partial charge in [0.25, 0.3) is 0 Å². The van der Waals surface area contributed by atoms with E-state index in [1.807, 2.05) is 0 Å². The summed E-state index contributed by atoms with van der Waals surface area (Å²) in [4.78, 5) is 25.2. The number of carboxylic acid groups (broad SMARTS) is 1. The number of carboxylic acids is 1. The first-order valence-corrected chi connectivity index (χ1v) is 11.0. The van der Waals surface area contributed by atoms with Crippen LogP contribution in [0.15, 0.2) is 18.2 Å². The minimum absolute atomic E-state index is 0.0213. The minimum Gasteiger partial charge on any atom is -0.478 e. The molecule has 1 aliphatic rings. The molecule has 1 fully saturated rings. The van der Waals surface area contributed by atoms with Gasteiger partial charge in [0.1, 0.15) is 11.3 Å². The number of benzene rings is 1. The smallest absolute Gasteiger partial charge is 0.410 e. The standard InChI is InChI=1S/C19H27FN2O6S/c1-18(2,3)28-17(25)22-10-8-19(20,9-11-22)13-6-7-15(14(12-13)16(23)24)21(4)29(5,26)27/h6-7,12H,8-11H2,1-5H3,(H,23,24). The molecular formula is C19H27FN2O6S. The Kier molecular flexibility index (Phi) is 6.18. The number of aromatic carboxylic acids is 1. The van der Waals surface area contributed by atoms with Crippen LogP contribution in [0.4, 0.5) is 14.9 Å². The monoisotopic (exact) mass is 430 g/mol. The minimum atomic E-state index is -3.68. The van der Waals surface area contributed by atoms with Crippen molar-refractivity contribution in [3.05, 3.63) is 29.3 Å². The van der Waals surface area contributed by atoms with Gasteiger partial charge in [-0.15, -0.1) is 0 Å². The fourth-order valence-corrected chi connectivity index (χ4v) is 3.61. The molecule has 162 valence electrons. The van der Waals surface area contributed by atoms with Gasteiger partial charge in [-0.05, 0) is 38.5 Å². The molecule has 0 spiro atoms. The van der Waals surface area contributed by atoms with Gasteiger partial charge in [-0.25, -0.2) is 22.4 Å². The maximum Gasteiger partial charge on any atom is 0.410 e. The first kappa shape index (κ1) is 22.9. The summed E-state index contributed by atoms with van der Waals surface area (Å²) in [5, 5.41) is 9.50. The third-order valence-electron chi connectivity index (χ3n) is 4.79. The van der Waals surface area contributed by atoms with Crippen molar-refractivity contribution in [3.63, 3.8) is 0 Å². The second-order valence-corrected chi connectivity index (χ2v) is 10.2. The van der Waals surface area contributed by atoms with Crippen LogP contribution in [0, 0.1) is 0 Å². The molecule has 0 radical (unpaired) electrons. The number of ether oxygens (including phenoxy) is 1. The van der Waals surface area contributed by atoms with E-state index in [0.29, 0.717) is 0 Å². The van der Waals surface area contributed by atoms with Gasteiger partial charge in [0.05, 0.1) is 17.5 Å². The molecule has 1 heterocycles. The number of nitrogens with zero attached hydrogens (tertiary/aromatic N) is 2. The molecule has 0 atom stereocenters. The van der Waals surface area contributed by atoms with E-state index in [0.717, 1.165) is 10.6 Å². The summed E-state index contributed by atoms with van der Waals surface area (Å²) in [6, 6.07) is 3.86. The SMILES string of the molecule is CN(c1ccc(C2(F)CCN(C(=O)OC(C)(C)C)CC2)cc1C(=O)O)S(C)(=O)=O. The Hall–Kier alpha value is -2.36. The molecule has 1 aliphatic heterocycles. The summed E-state index contributed by atoms with van der Waals surface area (Å²) in [6.45, 7) is 5.49. The Bertz CT molecular complexity index is 902. The van der Waals surface area contributed by atoms with Crippen LogP contribution in [0.5, 0.6) is 0 Å². The van der Waals surface area contributed by atoms with Crippen LogP contribution < -0.4 is 4.31 Å². The van der Waals surface area contributed by atoms with Gasteiger partial charge in [-0.1, -0.05) is 6.07 Å². The van der Waals surface area contributed by atoms with Crippen LogP contribution in [0.1, 0.15) is 49.5 Å². The first-order valence-electron chi connectivity index (χ1n) is 9.13. The quantitative estimate of drug-likeness (QED) is 0.788. The zero-order chi connectivity index (χ0) is 22.2. The number of halogens is 1. The highest BCUT2D eigenvalue weighted by Gasteiger charge is 2.39. The molecule has 1 aromatic carbocycles. The molecule has 0 unspecified atom stereocenters. The fourth-order valence-electron chi connectivity index (χ4n) is 3.10. The van der Waals surface area contributed by atoms with Crippen molar-refractivity contribution in [2.45, 2.75) is 44.9 Å². The summed E-state index contributed by atoms with van der Waals surface area (Å²) in [5.74, 6) is -1.35. The average Bonchev–Trinajstić information content (AvgIpc) is 2.58. The summed E-state index contributed by atoms with van der Waals surface area (Å²) < 4.78 is 45.3. The largest absolute Gasteiger partial charge is 0.478 e. The van der Waals surface area contributed by atoms with E-state index in [1.165, 1.54) is 30.1 Å². The van der Waals surface area contributed by atoms with Crippen molar-refractivity contribution in [3.8, 4) is 0 Å². The predicted molar refractivity (Wildman–Crippen MR) is 106 cm³/mol. The number of carbonyl (C=O) groups is 2. The van der Waals surface area contributed by atoms with E-state index >= 15 is 4.39 Å². The van der Waals surface area contributed by atoms with E-state index in [9.17, 15) is 23.1 Å². The van der Waals surface area contributed by atoms with Gasteiger partial charge in [-0.2, -0.15) is 0 Å². The lowest BCUT2D eigenvalue weighted by atomic mass is 9.85. The van der Waals surface area contributed by atoms with E-state index in [2.05, 4.69) is 0 Å². The number of carbonyl (C=O) groups excluding carboxylic acids is 1. The van der Waals surface area contributed by atoms with Gasteiger partial charge in [0.15, 0.2) is 0 Å². The van der Waals surface area contributed by atoms with Crippen molar-refractivity contribution in [2.75, 3.05) is 30.7 Å². The van der Waals surface area contributed by atoms with Crippen molar-refractivity contribution in [1.29, 1.82) is 0 Å². The van der Waals surface area contributed by atoms with E-state index in [-0.39, 0.29) is 42.7 Å². The molecule has 2 rings (SSSR count). The van der Waals surface area contributed by atoms with Gasteiger partial charge >= 0.3 is 12.1 Å². The Labute approximate surface area is 170 Å². The van der Waals surface area contributed by atoms with Crippen molar-refractivity contribution in [1.82, 2.24) is 4.90 Å². The number of anilines is 1. The highest BCUT2D eigenvalue weighted by molar-refractivity contribution is 7.92. The Balaban J connectivity index is 2.26. The molecule has 1 aromatic rings. The lowest BCUT2D eigenvalue weighted by Gasteiger charge is -2.37. The van der Waals surface area contributed by atoms with Crippen molar-refractivity contribution >= 4 is 27.8 Å². The topological polar surface area (TPSA) is 104 Å². The normalized spacial score (nSPS) is 17.0. The number of hydrogen-bond acceptors (Lipinski definition) is 5. The van der Waals surface area contributed by atoms with Crippen LogP contribution >= 0.6 is 0 Å². The zero-order valence-corrected chi connectivity index (χ0v) is 18.0. The summed E-state index contributed by atoms with van der Waals surface area (Å²) in [5.41, 5.74) is -2.69. The van der Waals surface area contributed by atoms with E-state index in [4.69, 9.17) is 4.74 Å². The molecule has 10 heteroatoms. The molecule has 8 nitrogen and oxygen atoms in total. The molecule has 0 aromatic heterocycles. The molecular weight excluding hydrogens is 403 g/mol. The molecule has 29 heavy (non-hydrogen) atoms. The van der Waals surface area contributed by atoms with Gasteiger partial charge in [0, 0.05) is 33.0 Å². The third-order valence-corrected chi connectivity index (χ3v) is 5.98. The summed E-state index contributed by atoms with van der Waals surface area (Å²) >= 11 is 0. The lowest BCUT2D eigenvalue weighted by Crippen LogP contribution is -2.45. The number of likely N-dealkylation sites (tertiary alicyclic amines) is 1. The first-order chi connectivity index (χ1) is 13.1. The van der Waals surface area contributed by atoms with Crippen molar-refractivity contribution < 1.29 is 32.2 Å². The molecule has 0 saturated carbocycles. The van der Waals surface area contributed by atoms with Gasteiger partial charge in [-0.3, -0.25) is 4.31 Å². The summed E-state index contributed by atoms with van der Waals surface area (Å²) in [6.07, 6.45) is 0.394. The maximum atomic E-state index is 15.6. The Morgan fingerprint density at radius 2 is 1.79 bits per heavy atom. The number of sulfonamides is 1. The Morgan fingerprint density at radius 1 is 1.24 bits per heavy atom.